The molecule has 0 spiro atoms. The Morgan fingerprint density at radius 1 is 1.11 bits per heavy atom. The van der Waals surface area contributed by atoms with Crippen molar-refractivity contribution in [3.63, 3.8) is 0 Å². The van der Waals surface area contributed by atoms with Gasteiger partial charge in [0.1, 0.15) is 5.75 Å². The molecule has 0 amide bonds. The van der Waals surface area contributed by atoms with Crippen LogP contribution in [0.2, 0.25) is 0 Å². The second kappa shape index (κ2) is 6.79. The third-order valence-electron chi connectivity index (χ3n) is 4.27. The molecular formula is C16H25NO. The van der Waals surface area contributed by atoms with E-state index in [0.717, 1.165) is 18.2 Å². The molecule has 18 heavy (non-hydrogen) atoms. The van der Waals surface area contributed by atoms with Crippen molar-refractivity contribution in [1.82, 2.24) is 0 Å². The normalized spacial score (nSPS) is 19.2. The predicted octanol–water partition coefficient (Wildman–Crippen LogP) is 3.71. The summed E-state index contributed by atoms with van der Waals surface area (Å²) >= 11 is 0. The number of nitrogens with two attached hydrogens (primary N) is 1. The summed E-state index contributed by atoms with van der Waals surface area (Å²) in [5.41, 5.74) is 7.41. The lowest BCUT2D eigenvalue weighted by atomic mass is 9.81. The van der Waals surface area contributed by atoms with E-state index in [1.54, 1.807) is 7.11 Å². The van der Waals surface area contributed by atoms with E-state index in [2.05, 4.69) is 24.3 Å². The first kappa shape index (κ1) is 13.4. The Bertz CT molecular complexity index is 339. The van der Waals surface area contributed by atoms with Crippen LogP contribution in [0.4, 0.5) is 0 Å². The average Bonchev–Trinajstić information content (AvgIpc) is 2.70. The van der Waals surface area contributed by atoms with Gasteiger partial charge < -0.3 is 10.5 Å². The van der Waals surface area contributed by atoms with Crippen LogP contribution >= 0.6 is 0 Å². The molecule has 2 rings (SSSR count). The summed E-state index contributed by atoms with van der Waals surface area (Å²) in [6, 6.07) is 8.46. The number of benzene rings is 1. The van der Waals surface area contributed by atoms with Crippen LogP contribution in [0.25, 0.3) is 0 Å². The Morgan fingerprint density at radius 3 is 2.22 bits per heavy atom. The number of rotatable bonds is 4. The van der Waals surface area contributed by atoms with Gasteiger partial charge in [0.15, 0.2) is 0 Å². The van der Waals surface area contributed by atoms with E-state index in [4.69, 9.17) is 10.5 Å². The molecule has 1 aromatic carbocycles. The second-order valence-corrected chi connectivity index (χ2v) is 5.37. The first-order valence-electron chi connectivity index (χ1n) is 7.19. The summed E-state index contributed by atoms with van der Waals surface area (Å²) in [4.78, 5) is 0. The molecule has 1 saturated carbocycles. The first-order valence-corrected chi connectivity index (χ1v) is 7.19. The molecule has 0 bridgehead atoms. The largest absolute Gasteiger partial charge is 0.497 e. The topological polar surface area (TPSA) is 35.2 Å². The van der Waals surface area contributed by atoms with Gasteiger partial charge in [-0.25, -0.2) is 0 Å². The highest BCUT2D eigenvalue weighted by molar-refractivity contribution is 5.30. The van der Waals surface area contributed by atoms with Gasteiger partial charge in [0.25, 0.3) is 0 Å². The van der Waals surface area contributed by atoms with Crippen LogP contribution in [0.3, 0.4) is 0 Å². The molecule has 2 heteroatoms. The van der Waals surface area contributed by atoms with Gasteiger partial charge in [-0.1, -0.05) is 37.8 Å². The standard InChI is InChI=1S/C16H25NO/c1-18-15-10-8-14(9-11-15)16(12-17)13-6-4-2-3-5-7-13/h8-11,13,16H,2-7,12,17H2,1H3. The highest BCUT2D eigenvalue weighted by Crippen LogP contribution is 2.35. The lowest BCUT2D eigenvalue weighted by Gasteiger charge is -2.25. The van der Waals surface area contributed by atoms with Crippen molar-refractivity contribution in [2.45, 2.75) is 44.4 Å². The number of hydrogen-bond acceptors (Lipinski definition) is 2. The van der Waals surface area contributed by atoms with E-state index < -0.39 is 0 Å². The molecule has 1 unspecified atom stereocenters. The lowest BCUT2D eigenvalue weighted by Crippen LogP contribution is -2.21. The Morgan fingerprint density at radius 2 is 1.72 bits per heavy atom. The van der Waals surface area contributed by atoms with E-state index in [1.807, 2.05) is 0 Å². The molecule has 1 fully saturated rings. The fourth-order valence-corrected chi connectivity index (χ4v) is 3.17. The SMILES string of the molecule is COc1ccc(C(CN)C2CCCCCC2)cc1. The van der Waals surface area contributed by atoms with Crippen LogP contribution in [0, 0.1) is 5.92 Å². The fraction of sp³-hybridized carbons (Fsp3) is 0.625. The molecule has 0 radical (unpaired) electrons. The first-order chi connectivity index (χ1) is 8.85. The minimum Gasteiger partial charge on any atom is -0.497 e. The highest BCUT2D eigenvalue weighted by atomic mass is 16.5. The molecule has 1 aromatic rings. The average molecular weight is 247 g/mol. The van der Waals surface area contributed by atoms with E-state index >= 15 is 0 Å². The van der Waals surface area contributed by atoms with E-state index in [1.165, 1.54) is 44.1 Å². The van der Waals surface area contributed by atoms with E-state index in [9.17, 15) is 0 Å². The van der Waals surface area contributed by atoms with Gasteiger partial charge >= 0.3 is 0 Å². The third-order valence-corrected chi connectivity index (χ3v) is 4.27. The van der Waals surface area contributed by atoms with Gasteiger partial charge in [-0.3, -0.25) is 0 Å². The predicted molar refractivity (Wildman–Crippen MR) is 76.0 cm³/mol. The number of ether oxygens (including phenoxy) is 1. The van der Waals surface area contributed by atoms with Crippen molar-refractivity contribution in [2.24, 2.45) is 11.7 Å². The van der Waals surface area contributed by atoms with E-state index in [0.29, 0.717) is 5.92 Å². The van der Waals surface area contributed by atoms with Gasteiger partial charge in [-0.05, 0) is 48.9 Å². The van der Waals surface area contributed by atoms with Crippen LogP contribution in [0.1, 0.15) is 50.0 Å². The maximum absolute atomic E-state index is 6.03. The van der Waals surface area contributed by atoms with Gasteiger partial charge in [-0.15, -0.1) is 0 Å². The molecule has 100 valence electrons. The number of hydrogen-bond donors (Lipinski definition) is 1. The molecule has 1 aliphatic carbocycles. The summed E-state index contributed by atoms with van der Waals surface area (Å²) in [5.74, 6) is 2.22. The fourth-order valence-electron chi connectivity index (χ4n) is 3.17. The molecule has 0 aromatic heterocycles. The molecule has 2 nitrogen and oxygen atoms in total. The van der Waals surface area contributed by atoms with Crippen LogP contribution < -0.4 is 10.5 Å². The van der Waals surface area contributed by atoms with Crippen molar-refractivity contribution in [3.05, 3.63) is 29.8 Å². The summed E-state index contributed by atoms with van der Waals surface area (Å²) in [6.45, 7) is 0.761. The van der Waals surface area contributed by atoms with Crippen LogP contribution in [0.5, 0.6) is 5.75 Å². The third kappa shape index (κ3) is 3.26. The van der Waals surface area contributed by atoms with Crippen molar-refractivity contribution in [3.8, 4) is 5.75 Å². The van der Waals surface area contributed by atoms with Crippen LogP contribution in [0.15, 0.2) is 24.3 Å². The Kier molecular flexibility index (Phi) is 5.06. The molecule has 0 aliphatic heterocycles. The quantitative estimate of drug-likeness (QED) is 0.823. The molecule has 0 heterocycles. The zero-order valence-electron chi connectivity index (χ0n) is 11.4. The van der Waals surface area contributed by atoms with Crippen LogP contribution in [-0.4, -0.2) is 13.7 Å². The van der Waals surface area contributed by atoms with Gasteiger partial charge in [-0.2, -0.15) is 0 Å². The maximum Gasteiger partial charge on any atom is 0.118 e. The van der Waals surface area contributed by atoms with Gasteiger partial charge in [0.05, 0.1) is 7.11 Å². The monoisotopic (exact) mass is 247 g/mol. The zero-order valence-corrected chi connectivity index (χ0v) is 11.4. The van der Waals surface area contributed by atoms with Crippen molar-refractivity contribution < 1.29 is 4.74 Å². The molecule has 1 atom stereocenters. The van der Waals surface area contributed by atoms with Crippen LogP contribution in [-0.2, 0) is 0 Å². The summed E-state index contributed by atoms with van der Waals surface area (Å²) in [6.07, 6.45) is 8.23. The summed E-state index contributed by atoms with van der Waals surface area (Å²) in [7, 11) is 1.71. The Labute approximate surface area is 111 Å². The molecule has 0 saturated heterocycles. The zero-order chi connectivity index (χ0) is 12.8. The van der Waals surface area contributed by atoms with E-state index in [-0.39, 0.29) is 0 Å². The molecule has 2 N–H and O–H groups in total. The number of methoxy groups -OCH3 is 1. The minimum atomic E-state index is 0.522. The summed E-state index contributed by atoms with van der Waals surface area (Å²) < 4.78 is 5.22. The minimum absolute atomic E-state index is 0.522. The van der Waals surface area contributed by atoms with Crippen molar-refractivity contribution in [1.29, 1.82) is 0 Å². The lowest BCUT2D eigenvalue weighted by molar-refractivity contribution is 0.379. The van der Waals surface area contributed by atoms with Crippen molar-refractivity contribution >= 4 is 0 Å². The summed E-state index contributed by atoms with van der Waals surface area (Å²) in [5, 5.41) is 0. The Hall–Kier alpha value is -1.02. The molecular weight excluding hydrogens is 222 g/mol. The van der Waals surface area contributed by atoms with Gasteiger partial charge in [0, 0.05) is 0 Å². The Balaban J connectivity index is 2.10. The van der Waals surface area contributed by atoms with Gasteiger partial charge in [0.2, 0.25) is 0 Å². The molecule has 1 aliphatic rings. The highest BCUT2D eigenvalue weighted by Gasteiger charge is 2.22. The second-order valence-electron chi connectivity index (χ2n) is 5.37. The smallest absolute Gasteiger partial charge is 0.118 e. The maximum atomic E-state index is 6.03. The van der Waals surface area contributed by atoms with Crippen molar-refractivity contribution in [2.75, 3.05) is 13.7 Å².